The van der Waals surface area contributed by atoms with E-state index in [9.17, 15) is 5.11 Å². The van der Waals surface area contributed by atoms with Gasteiger partial charge in [-0.2, -0.15) is 0 Å². The maximum absolute atomic E-state index is 9.48. The van der Waals surface area contributed by atoms with Crippen molar-refractivity contribution in [1.29, 1.82) is 0 Å². The summed E-state index contributed by atoms with van der Waals surface area (Å²) in [4.78, 5) is 0. The third-order valence-electron chi connectivity index (χ3n) is 1.52. The minimum absolute atomic E-state index is 0.578. The SMILES string of the molecule is C=CC(O)c1c(Cl)cccc1I. The number of hydrogen-bond donors (Lipinski definition) is 1. The maximum Gasteiger partial charge on any atom is 0.0993 e. The monoisotopic (exact) mass is 294 g/mol. The Labute approximate surface area is 90.2 Å². The average molecular weight is 295 g/mol. The van der Waals surface area contributed by atoms with E-state index in [1.807, 2.05) is 12.1 Å². The normalized spacial score (nSPS) is 12.6. The van der Waals surface area contributed by atoms with E-state index in [1.54, 1.807) is 6.07 Å². The van der Waals surface area contributed by atoms with E-state index in [-0.39, 0.29) is 0 Å². The number of halogens is 2. The Morgan fingerprint density at radius 3 is 2.75 bits per heavy atom. The molecule has 1 aromatic carbocycles. The zero-order chi connectivity index (χ0) is 9.14. The van der Waals surface area contributed by atoms with Crippen molar-refractivity contribution < 1.29 is 5.11 Å². The molecule has 0 saturated heterocycles. The van der Waals surface area contributed by atoms with Gasteiger partial charge in [-0.25, -0.2) is 0 Å². The number of benzene rings is 1. The van der Waals surface area contributed by atoms with Gasteiger partial charge in [0.15, 0.2) is 0 Å². The first-order chi connectivity index (χ1) is 5.66. The van der Waals surface area contributed by atoms with Gasteiger partial charge in [0, 0.05) is 14.2 Å². The maximum atomic E-state index is 9.48. The van der Waals surface area contributed by atoms with Crippen LogP contribution >= 0.6 is 34.2 Å². The second kappa shape index (κ2) is 4.25. The molecule has 0 aliphatic carbocycles. The van der Waals surface area contributed by atoms with Gasteiger partial charge < -0.3 is 5.11 Å². The molecule has 12 heavy (non-hydrogen) atoms. The highest BCUT2D eigenvalue weighted by atomic mass is 127. The van der Waals surface area contributed by atoms with Gasteiger partial charge in [0.1, 0.15) is 0 Å². The summed E-state index contributed by atoms with van der Waals surface area (Å²) in [5, 5.41) is 10.1. The van der Waals surface area contributed by atoms with Crippen LogP contribution in [0.15, 0.2) is 30.9 Å². The fourth-order valence-electron chi connectivity index (χ4n) is 0.911. The molecule has 0 aliphatic heterocycles. The predicted molar refractivity (Wildman–Crippen MR) is 59.3 cm³/mol. The molecule has 1 atom stereocenters. The van der Waals surface area contributed by atoms with Gasteiger partial charge in [-0.15, -0.1) is 6.58 Å². The second-order valence-corrected chi connectivity index (χ2v) is 3.89. The average Bonchev–Trinajstić information content (AvgIpc) is 2.03. The third-order valence-corrected chi connectivity index (χ3v) is 2.79. The number of aliphatic hydroxyl groups is 1. The molecule has 0 fully saturated rings. The first-order valence-corrected chi connectivity index (χ1v) is 4.87. The van der Waals surface area contributed by atoms with E-state index in [4.69, 9.17) is 11.6 Å². The molecule has 0 aromatic heterocycles. The summed E-state index contributed by atoms with van der Waals surface area (Å²) in [6.45, 7) is 3.51. The zero-order valence-electron chi connectivity index (χ0n) is 6.30. The summed E-state index contributed by atoms with van der Waals surface area (Å²) in [6.07, 6.45) is 0.786. The Hall–Kier alpha value is -0.0600. The molecule has 1 aromatic rings. The van der Waals surface area contributed by atoms with Crippen LogP contribution in [0.3, 0.4) is 0 Å². The molecule has 0 saturated carbocycles. The largest absolute Gasteiger partial charge is 0.384 e. The first kappa shape index (κ1) is 10.0. The van der Waals surface area contributed by atoms with Gasteiger partial charge in [-0.1, -0.05) is 23.7 Å². The lowest BCUT2D eigenvalue weighted by Crippen LogP contribution is -1.96. The molecule has 0 spiro atoms. The molecule has 1 nitrogen and oxygen atoms in total. The van der Waals surface area contributed by atoms with E-state index < -0.39 is 6.10 Å². The standard InChI is InChI=1S/C9H8ClIO/c1-2-8(12)9-6(10)4-3-5-7(9)11/h2-5,8,12H,1H2. The Bertz CT molecular complexity index is 278. The lowest BCUT2D eigenvalue weighted by molar-refractivity contribution is 0.228. The summed E-state index contributed by atoms with van der Waals surface area (Å²) in [6, 6.07) is 5.50. The van der Waals surface area contributed by atoms with E-state index in [0.29, 0.717) is 5.02 Å². The minimum atomic E-state index is -0.675. The molecular weight excluding hydrogens is 286 g/mol. The van der Waals surface area contributed by atoms with Crippen LogP contribution in [0, 0.1) is 3.57 Å². The van der Waals surface area contributed by atoms with Crippen LogP contribution in [0.25, 0.3) is 0 Å². The molecule has 3 heteroatoms. The molecule has 0 heterocycles. The van der Waals surface area contributed by atoms with Gasteiger partial charge in [0.05, 0.1) is 6.10 Å². The van der Waals surface area contributed by atoms with Gasteiger partial charge in [-0.05, 0) is 34.7 Å². The summed E-state index contributed by atoms with van der Waals surface area (Å²) in [7, 11) is 0. The number of aliphatic hydroxyl groups excluding tert-OH is 1. The molecule has 64 valence electrons. The fourth-order valence-corrected chi connectivity index (χ4v) is 2.17. The summed E-state index contributed by atoms with van der Waals surface area (Å²) in [5.41, 5.74) is 0.731. The van der Waals surface area contributed by atoms with E-state index in [0.717, 1.165) is 9.13 Å². The Morgan fingerprint density at radius 2 is 2.25 bits per heavy atom. The highest BCUT2D eigenvalue weighted by molar-refractivity contribution is 14.1. The zero-order valence-corrected chi connectivity index (χ0v) is 9.21. The Kier molecular flexibility index (Phi) is 3.55. The molecule has 1 rings (SSSR count). The van der Waals surface area contributed by atoms with Crippen LogP contribution in [0.1, 0.15) is 11.7 Å². The van der Waals surface area contributed by atoms with Crippen LogP contribution in [0.5, 0.6) is 0 Å². The van der Waals surface area contributed by atoms with Crippen molar-refractivity contribution in [2.24, 2.45) is 0 Å². The minimum Gasteiger partial charge on any atom is -0.384 e. The van der Waals surface area contributed by atoms with Crippen molar-refractivity contribution in [1.82, 2.24) is 0 Å². The summed E-state index contributed by atoms with van der Waals surface area (Å²) < 4.78 is 0.951. The van der Waals surface area contributed by atoms with E-state index in [1.165, 1.54) is 6.08 Å². The second-order valence-electron chi connectivity index (χ2n) is 2.32. The molecular formula is C9H8ClIO. The van der Waals surface area contributed by atoms with Crippen LogP contribution in [0.4, 0.5) is 0 Å². The van der Waals surface area contributed by atoms with Crippen molar-refractivity contribution in [2.45, 2.75) is 6.10 Å². The van der Waals surface area contributed by atoms with Gasteiger partial charge in [0.2, 0.25) is 0 Å². The van der Waals surface area contributed by atoms with Gasteiger partial charge in [-0.3, -0.25) is 0 Å². The quantitative estimate of drug-likeness (QED) is 0.656. The van der Waals surface area contributed by atoms with E-state index in [2.05, 4.69) is 29.2 Å². The Morgan fingerprint density at radius 1 is 1.58 bits per heavy atom. The number of hydrogen-bond acceptors (Lipinski definition) is 1. The molecule has 0 aliphatic rings. The van der Waals surface area contributed by atoms with Crippen molar-refractivity contribution in [3.63, 3.8) is 0 Å². The van der Waals surface area contributed by atoms with Crippen LogP contribution in [-0.4, -0.2) is 5.11 Å². The summed E-state index contributed by atoms with van der Waals surface area (Å²) >= 11 is 8.02. The van der Waals surface area contributed by atoms with Gasteiger partial charge in [0.25, 0.3) is 0 Å². The van der Waals surface area contributed by atoms with Crippen molar-refractivity contribution >= 4 is 34.2 Å². The lowest BCUT2D eigenvalue weighted by atomic mass is 10.1. The van der Waals surface area contributed by atoms with E-state index >= 15 is 0 Å². The van der Waals surface area contributed by atoms with Crippen LogP contribution in [-0.2, 0) is 0 Å². The lowest BCUT2D eigenvalue weighted by Gasteiger charge is -2.09. The molecule has 0 amide bonds. The van der Waals surface area contributed by atoms with Crippen molar-refractivity contribution in [2.75, 3.05) is 0 Å². The highest BCUT2D eigenvalue weighted by Gasteiger charge is 2.10. The number of rotatable bonds is 2. The van der Waals surface area contributed by atoms with Crippen molar-refractivity contribution in [3.05, 3.63) is 45.0 Å². The Balaban J connectivity index is 3.20. The molecule has 1 unspecified atom stereocenters. The summed E-state index contributed by atoms with van der Waals surface area (Å²) in [5.74, 6) is 0. The van der Waals surface area contributed by atoms with Gasteiger partial charge >= 0.3 is 0 Å². The predicted octanol–water partition coefficient (Wildman–Crippen LogP) is 3.16. The van der Waals surface area contributed by atoms with Crippen molar-refractivity contribution in [3.8, 4) is 0 Å². The smallest absolute Gasteiger partial charge is 0.0993 e. The molecule has 0 radical (unpaired) electrons. The highest BCUT2D eigenvalue weighted by Crippen LogP contribution is 2.28. The first-order valence-electron chi connectivity index (χ1n) is 3.41. The van der Waals surface area contributed by atoms with Crippen LogP contribution < -0.4 is 0 Å². The topological polar surface area (TPSA) is 20.2 Å². The molecule has 1 N–H and O–H groups in total. The van der Waals surface area contributed by atoms with Crippen LogP contribution in [0.2, 0.25) is 5.02 Å². The third kappa shape index (κ3) is 2.00. The fraction of sp³-hybridized carbons (Fsp3) is 0.111. The molecule has 0 bridgehead atoms.